The number of nitrogens with zero attached hydrogens (tertiary/aromatic N) is 3. The molecule has 2 heterocycles. The highest BCUT2D eigenvalue weighted by Crippen LogP contribution is 2.30. The first-order chi connectivity index (χ1) is 16.6. The Hall–Kier alpha value is -2.69. The summed E-state index contributed by atoms with van der Waals surface area (Å²) in [4.78, 5) is 27.0. The van der Waals surface area contributed by atoms with E-state index in [4.69, 9.17) is 9.47 Å². The van der Waals surface area contributed by atoms with Crippen LogP contribution >= 0.6 is 23.5 Å². The zero-order valence-electron chi connectivity index (χ0n) is 19.3. The van der Waals surface area contributed by atoms with Crippen LogP contribution in [0.4, 0.5) is 10.5 Å². The molecule has 0 spiro atoms. The molecule has 0 radical (unpaired) electrons. The summed E-state index contributed by atoms with van der Waals surface area (Å²) in [7, 11) is 3.18. The topological polar surface area (TPSA) is 83.5 Å². The van der Waals surface area contributed by atoms with Gasteiger partial charge in [-0.2, -0.15) is 16.9 Å². The number of hydrogen-bond acceptors (Lipinski definition) is 8. The maximum Gasteiger partial charge on any atom is 0.302 e. The molecule has 2 aliphatic rings. The molecule has 2 aromatic carbocycles. The Kier molecular flexibility index (Phi) is 8.36. The van der Waals surface area contributed by atoms with Gasteiger partial charge in [-0.3, -0.25) is 14.5 Å². The van der Waals surface area contributed by atoms with Crippen LogP contribution in [-0.4, -0.2) is 77.9 Å². The van der Waals surface area contributed by atoms with Gasteiger partial charge in [-0.1, -0.05) is 23.9 Å². The Morgan fingerprint density at radius 3 is 2.50 bits per heavy atom. The van der Waals surface area contributed by atoms with Gasteiger partial charge < -0.3 is 14.8 Å². The van der Waals surface area contributed by atoms with Gasteiger partial charge in [0.1, 0.15) is 0 Å². The molecule has 34 heavy (non-hydrogen) atoms. The molecule has 2 aliphatic heterocycles. The fraction of sp³-hybridized carbons (Fsp3) is 0.375. The molecule has 0 atom stereocenters. The van der Waals surface area contributed by atoms with Crippen molar-refractivity contribution in [2.75, 3.05) is 56.4 Å². The van der Waals surface area contributed by atoms with Gasteiger partial charge in [0.2, 0.25) is 5.91 Å². The highest BCUT2D eigenvalue weighted by molar-refractivity contribution is 8.14. The summed E-state index contributed by atoms with van der Waals surface area (Å²) in [6, 6.07) is 13.1. The summed E-state index contributed by atoms with van der Waals surface area (Å²) in [6.07, 6.45) is 0. The van der Waals surface area contributed by atoms with Crippen molar-refractivity contribution in [3.63, 3.8) is 0 Å². The second-order valence-electron chi connectivity index (χ2n) is 7.86. The van der Waals surface area contributed by atoms with E-state index in [2.05, 4.69) is 15.3 Å². The molecular weight excluding hydrogens is 472 g/mol. The maximum absolute atomic E-state index is 12.5. The lowest BCUT2D eigenvalue weighted by molar-refractivity contribution is -0.117. The Bertz CT molecular complexity index is 1060. The highest BCUT2D eigenvalue weighted by Gasteiger charge is 2.23. The molecule has 0 saturated carbocycles. The Labute approximate surface area is 208 Å². The summed E-state index contributed by atoms with van der Waals surface area (Å²) in [5.74, 6) is 3.90. The predicted molar refractivity (Wildman–Crippen MR) is 138 cm³/mol. The van der Waals surface area contributed by atoms with E-state index in [9.17, 15) is 9.59 Å². The smallest absolute Gasteiger partial charge is 0.302 e. The summed E-state index contributed by atoms with van der Waals surface area (Å²) >= 11 is 3.15. The number of anilines is 1. The first-order valence-electron chi connectivity index (χ1n) is 11.0. The Balaban J connectivity index is 1.39. The van der Waals surface area contributed by atoms with Crippen molar-refractivity contribution < 1.29 is 19.1 Å². The fourth-order valence-electron chi connectivity index (χ4n) is 3.71. The number of thioether (sulfide) groups is 2. The van der Waals surface area contributed by atoms with Crippen LogP contribution in [0, 0.1) is 0 Å². The van der Waals surface area contributed by atoms with E-state index in [1.807, 2.05) is 54.2 Å². The van der Waals surface area contributed by atoms with E-state index in [1.54, 1.807) is 14.2 Å². The molecule has 180 valence electrons. The number of carbonyl (C=O) groups excluding carboxylic acids is 2. The molecule has 2 amide bonds. The van der Waals surface area contributed by atoms with E-state index in [0.717, 1.165) is 47.1 Å². The average Bonchev–Trinajstić information content (AvgIpc) is 2.86. The lowest BCUT2D eigenvalue weighted by Gasteiger charge is -2.25. The monoisotopic (exact) mass is 500 g/mol. The SMILES string of the molecule is COc1ccc(C2=NN(Cc3ccc(NC(=O)CN4CCSCC4)cc3)C(=O)SC2)cc1OC. The minimum absolute atomic E-state index is 0.00794. The number of rotatable bonds is 8. The van der Waals surface area contributed by atoms with Crippen LogP contribution in [0.1, 0.15) is 11.1 Å². The third-order valence-electron chi connectivity index (χ3n) is 5.54. The fourth-order valence-corrected chi connectivity index (χ4v) is 5.42. The van der Waals surface area contributed by atoms with E-state index in [0.29, 0.717) is 30.3 Å². The molecule has 0 aromatic heterocycles. The molecule has 4 rings (SSSR count). The largest absolute Gasteiger partial charge is 0.493 e. The van der Waals surface area contributed by atoms with Crippen LogP contribution in [-0.2, 0) is 11.3 Å². The maximum atomic E-state index is 12.5. The van der Waals surface area contributed by atoms with Crippen molar-refractivity contribution in [2.24, 2.45) is 5.10 Å². The van der Waals surface area contributed by atoms with Gasteiger partial charge in [-0.05, 0) is 35.9 Å². The highest BCUT2D eigenvalue weighted by atomic mass is 32.2. The van der Waals surface area contributed by atoms with Crippen molar-refractivity contribution in [1.29, 1.82) is 0 Å². The molecule has 1 N–H and O–H groups in total. The van der Waals surface area contributed by atoms with Crippen LogP contribution in [0.3, 0.4) is 0 Å². The van der Waals surface area contributed by atoms with E-state index in [1.165, 1.54) is 16.8 Å². The molecule has 2 aromatic rings. The zero-order chi connectivity index (χ0) is 23.9. The van der Waals surface area contributed by atoms with E-state index >= 15 is 0 Å². The van der Waals surface area contributed by atoms with Crippen molar-refractivity contribution in [3.8, 4) is 11.5 Å². The molecule has 0 bridgehead atoms. The van der Waals surface area contributed by atoms with Crippen LogP contribution < -0.4 is 14.8 Å². The molecule has 1 saturated heterocycles. The number of ether oxygens (including phenoxy) is 2. The first-order valence-corrected chi connectivity index (χ1v) is 13.1. The van der Waals surface area contributed by atoms with Crippen LogP contribution in [0.2, 0.25) is 0 Å². The van der Waals surface area contributed by atoms with Crippen molar-refractivity contribution in [2.45, 2.75) is 6.54 Å². The van der Waals surface area contributed by atoms with E-state index in [-0.39, 0.29) is 11.1 Å². The number of hydrogen-bond donors (Lipinski definition) is 1. The predicted octanol–water partition coefficient (Wildman–Crippen LogP) is 3.76. The number of benzene rings is 2. The third kappa shape index (κ3) is 6.25. The van der Waals surface area contributed by atoms with Crippen molar-refractivity contribution in [3.05, 3.63) is 53.6 Å². The van der Waals surface area contributed by atoms with Gasteiger partial charge in [0.15, 0.2) is 11.5 Å². The van der Waals surface area contributed by atoms with Gasteiger partial charge in [-0.25, -0.2) is 5.01 Å². The third-order valence-corrected chi connectivity index (χ3v) is 7.36. The second kappa shape index (κ2) is 11.6. The quantitative estimate of drug-likeness (QED) is 0.591. The Morgan fingerprint density at radius 1 is 1.06 bits per heavy atom. The van der Waals surface area contributed by atoms with Crippen LogP contribution in [0.5, 0.6) is 11.5 Å². The molecule has 10 heteroatoms. The van der Waals surface area contributed by atoms with Gasteiger partial charge in [0.05, 0.1) is 33.0 Å². The molecule has 0 unspecified atom stereocenters. The molecule has 1 fully saturated rings. The van der Waals surface area contributed by atoms with Crippen molar-refractivity contribution in [1.82, 2.24) is 9.91 Å². The van der Waals surface area contributed by atoms with Crippen molar-refractivity contribution >= 4 is 46.1 Å². The standard InChI is InChI=1S/C24H28N4O4S2/c1-31-21-8-5-18(13-22(21)32-2)20-16-34-24(30)28(26-20)14-17-3-6-19(7-4-17)25-23(29)15-27-9-11-33-12-10-27/h3-8,13H,9-12,14-16H2,1-2H3,(H,25,29). The molecule has 0 aliphatic carbocycles. The molecular formula is C24H28N4O4S2. The lowest BCUT2D eigenvalue weighted by atomic mass is 10.1. The summed E-state index contributed by atoms with van der Waals surface area (Å²) < 4.78 is 10.7. The number of carbonyl (C=O) groups is 2. The van der Waals surface area contributed by atoms with Gasteiger partial charge in [0, 0.05) is 41.6 Å². The van der Waals surface area contributed by atoms with Gasteiger partial charge >= 0.3 is 5.24 Å². The van der Waals surface area contributed by atoms with Crippen LogP contribution in [0.25, 0.3) is 0 Å². The molecule has 8 nitrogen and oxygen atoms in total. The lowest BCUT2D eigenvalue weighted by Crippen LogP contribution is -2.38. The summed E-state index contributed by atoms with van der Waals surface area (Å²) in [5.41, 5.74) is 3.35. The average molecular weight is 501 g/mol. The number of nitrogens with one attached hydrogen (secondary N) is 1. The minimum Gasteiger partial charge on any atom is -0.493 e. The number of amides is 2. The van der Waals surface area contributed by atoms with Gasteiger partial charge in [0.25, 0.3) is 0 Å². The Morgan fingerprint density at radius 2 is 1.79 bits per heavy atom. The second-order valence-corrected chi connectivity index (χ2v) is 10.0. The summed E-state index contributed by atoms with van der Waals surface area (Å²) in [5, 5.41) is 8.94. The zero-order valence-corrected chi connectivity index (χ0v) is 20.9. The number of methoxy groups -OCH3 is 2. The normalized spacial score (nSPS) is 16.7. The summed E-state index contributed by atoms with van der Waals surface area (Å²) in [6.45, 7) is 2.66. The minimum atomic E-state index is -0.0960. The van der Waals surface area contributed by atoms with Crippen LogP contribution in [0.15, 0.2) is 47.6 Å². The van der Waals surface area contributed by atoms with Gasteiger partial charge in [-0.15, -0.1) is 0 Å². The number of hydrazone groups is 1. The van der Waals surface area contributed by atoms with E-state index < -0.39 is 0 Å². The first kappa shape index (κ1) is 24.4.